The van der Waals surface area contributed by atoms with Crippen molar-refractivity contribution in [2.45, 2.75) is 89.6 Å². The highest BCUT2D eigenvalue weighted by Crippen LogP contribution is 2.45. The van der Waals surface area contributed by atoms with E-state index in [1.807, 2.05) is 44.1 Å². The summed E-state index contributed by atoms with van der Waals surface area (Å²) in [5.41, 5.74) is -1.31. The predicted molar refractivity (Wildman–Crippen MR) is 168 cm³/mol. The lowest BCUT2D eigenvalue weighted by Gasteiger charge is -2.51. The summed E-state index contributed by atoms with van der Waals surface area (Å²) in [5.74, 6) is 2.70. The third kappa shape index (κ3) is 5.71. The molecule has 1 amide bonds. The summed E-state index contributed by atoms with van der Waals surface area (Å²) in [7, 11) is 0. The first-order valence-corrected chi connectivity index (χ1v) is 15.5. The minimum absolute atomic E-state index is 0.0207. The molecule has 0 unspecified atom stereocenters. The van der Waals surface area contributed by atoms with Gasteiger partial charge in [-0.25, -0.2) is 24.1 Å². The number of nitrogens with zero attached hydrogens (tertiary/aromatic N) is 7. The van der Waals surface area contributed by atoms with Gasteiger partial charge in [-0.2, -0.15) is 4.98 Å². The minimum Gasteiger partial charge on any atom is -0.444 e. The number of carbonyl (C=O) groups is 1. The van der Waals surface area contributed by atoms with E-state index in [4.69, 9.17) is 14.7 Å². The standard InChI is InChI=1S/C32H43FN8O3/c1-20(2)22-16-36-27(41-14-10-32(41)9-13-40(19-32)29(43)44-30(3,4)5)23-17-35-26(15-21(22)23)37-25-7-11-34-28(38-25)39-12-8-24(42)31(6,33)18-39/h7,11,15-17,20,24,42H,8-10,12-14,18-19H2,1-6H3,(H,34,35,37,38)/t24-,31+,32+/m1/s1. The number of aromatic nitrogens is 4. The van der Waals surface area contributed by atoms with Crippen molar-refractivity contribution in [2.75, 3.05) is 47.8 Å². The topological polar surface area (TPSA) is 120 Å². The molecular weight excluding hydrogens is 563 g/mol. The smallest absolute Gasteiger partial charge is 0.410 e. The molecule has 11 nitrogen and oxygen atoms in total. The lowest BCUT2D eigenvalue weighted by molar-refractivity contribution is -0.00860. The Morgan fingerprint density at radius 2 is 1.86 bits per heavy atom. The van der Waals surface area contributed by atoms with E-state index < -0.39 is 17.4 Å². The van der Waals surface area contributed by atoms with E-state index in [0.717, 1.165) is 41.5 Å². The molecule has 2 N–H and O–H groups in total. The average Bonchev–Trinajstić information content (AvgIpc) is 3.42. The van der Waals surface area contributed by atoms with Crippen molar-refractivity contribution in [3.8, 4) is 0 Å². The van der Waals surface area contributed by atoms with Gasteiger partial charge in [0, 0.05) is 50.2 Å². The highest BCUT2D eigenvalue weighted by atomic mass is 19.1. The minimum atomic E-state index is -1.73. The van der Waals surface area contributed by atoms with Gasteiger partial charge in [0.25, 0.3) is 0 Å². The molecule has 0 saturated carbocycles. The van der Waals surface area contributed by atoms with Crippen molar-refractivity contribution in [3.63, 3.8) is 0 Å². The van der Waals surface area contributed by atoms with Gasteiger partial charge in [-0.1, -0.05) is 13.8 Å². The Bertz CT molecular complexity index is 1560. The van der Waals surface area contributed by atoms with E-state index in [0.29, 0.717) is 43.6 Å². The molecule has 0 bridgehead atoms. The number of carbonyl (C=O) groups excluding carboxylic acids is 1. The van der Waals surface area contributed by atoms with Crippen LogP contribution in [0.2, 0.25) is 0 Å². The third-order valence-electron chi connectivity index (χ3n) is 9.07. The van der Waals surface area contributed by atoms with Crippen LogP contribution in [0.15, 0.2) is 30.7 Å². The van der Waals surface area contributed by atoms with E-state index in [2.05, 4.69) is 34.0 Å². The van der Waals surface area contributed by atoms with Gasteiger partial charge in [-0.3, -0.25) is 0 Å². The number of likely N-dealkylation sites (tertiary alicyclic amines) is 1. The predicted octanol–water partition coefficient (Wildman–Crippen LogP) is 5.18. The van der Waals surface area contributed by atoms with Gasteiger partial charge in [-0.15, -0.1) is 0 Å². The quantitative estimate of drug-likeness (QED) is 0.402. The van der Waals surface area contributed by atoms with Crippen LogP contribution in [0.4, 0.5) is 32.6 Å². The van der Waals surface area contributed by atoms with E-state index in [1.165, 1.54) is 6.92 Å². The van der Waals surface area contributed by atoms with Gasteiger partial charge in [0.15, 0.2) is 5.67 Å². The number of fused-ring (bicyclic) bond motifs is 1. The highest BCUT2D eigenvalue weighted by Gasteiger charge is 2.52. The summed E-state index contributed by atoms with van der Waals surface area (Å²) in [6.07, 6.45) is 6.35. The van der Waals surface area contributed by atoms with E-state index in [9.17, 15) is 14.3 Å². The zero-order valence-corrected chi connectivity index (χ0v) is 26.5. The summed E-state index contributed by atoms with van der Waals surface area (Å²) in [4.78, 5) is 37.4. The SMILES string of the molecule is CC(C)c1cnc(N2CC[C@]23CCN(C(=O)OC(C)(C)C)C3)c2cnc(Nc3ccnc(N4CC[C@@H](O)[C@@](C)(F)C4)n3)cc12. The molecule has 0 aliphatic carbocycles. The second kappa shape index (κ2) is 11.0. The number of nitrogens with one attached hydrogen (secondary N) is 1. The molecule has 3 aliphatic heterocycles. The fourth-order valence-corrected chi connectivity index (χ4v) is 6.53. The van der Waals surface area contributed by atoms with E-state index >= 15 is 0 Å². The molecule has 3 saturated heterocycles. The Balaban J connectivity index is 1.26. The largest absolute Gasteiger partial charge is 0.444 e. The molecule has 1 spiro atoms. The maximum Gasteiger partial charge on any atom is 0.410 e. The van der Waals surface area contributed by atoms with Crippen molar-refractivity contribution < 1.29 is 19.0 Å². The summed E-state index contributed by atoms with van der Waals surface area (Å²) in [5, 5.41) is 15.3. The van der Waals surface area contributed by atoms with Gasteiger partial charge >= 0.3 is 6.09 Å². The molecule has 236 valence electrons. The number of halogens is 1. The number of hydrogen-bond donors (Lipinski definition) is 2. The Morgan fingerprint density at radius 1 is 1.09 bits per heavy atom. The fraction of sp³-hybridized carbons (Fsp3) is 0.594. The maximum atomic E-state index is 14.8. The Kier molecular flexibility index (Phi) is 7.54. The van der Waals surface area contributed by atoms with Crippen LogP contribution in [0.25, 0.3) is 10.8 Å². The monoisotopic (exact) mass is 606 g/mol. The molecular formula is C32H43FN8O3. The average molecular weight is 607 g/mol. The molecule has 6 heterocycles. The lowest BCUT2D eigenvalue weighted by Crippen LogP contribution is -2.62. The zero-order valence-electron chi connectivity index (χ0n) is 26.5. The summed E-state index contributed by atoms with van der Waals surface area (Å²) in [6, 6.07) is 3.78. The van der Waals surface area contributed by atoms with Gasteiger partial charge in [0.05, 0.1) is 18.2 Å². The van der Waals surface area contributed by atoms with Gasteiger partial charge < -0.3 is 29.9 Å². The molecule has 3 fully saturated rings. The first kappa shape index (κ1) is 30.2. The first-order chi connectivity index (χ1) is 20.7. The Morgan fingerprint density at radius 3 is 2.55 bits per heavy atom. The normalized spacial score (nSPS) is 25.6. The molecule has 0 radical (unpaired) electrons. The third-order valence-corrected chi connectivity index (χ3v) is 9.07. The van der Waals surface area contributed by atoms with Crippen LogP contribution >= 0.6 is 0 Å². The summed E-state index contributed by atoms with van der Waals surface area (Å²) in [6.45, 7) is 14.0. The Labute approximate surface area is 257 Å². The molecule has 3 atom stereocenters. The first-order valence-electron chi connectivity index (χ1n) is 15.5. The number of amides is 1. The molecule has 44 heavy (non-hydrogen) atoms. The number of anilines is 4. The number of aliphatic hydroxyl groups is 1. The zero-order chi connectivity index (χ0) is 31.4. The van der Waals surface area contributed by atoms with Crippen LogP contribution in [-0.4, -0.2) is 91.7 Å². The molecule has 3 aromatic heterocycles. The number of ether oxygens (including phenoxy) is 1. The van der Waals surface area contributed by atoms with E-state index in [1.54, 1.807) is 17.2 Å². The van der Waals surface area contributed by atoms with Gasteiger partial charge in [-0.05, 0) is 76.0 Å². The number of piperidine rings is 1. The number of alkyl halides is 1. The van der Waals surface area contributed by atoms with Crippen molar-refractivity contribution >= 4 is 40.3 Å². The molecule has 12 heteroatoms. The van der Waals surface area contributed by atoms with Crippen LogP contribution < -0.4 is 15.1 Å². The number of hydrogen-bond acceptors (Lipinski definition) is 10. The van der Waals surface area contributed by atoms with E-state index in [-0.39, 0.29) is 24.1 Å². The molecule has 3 aromatic rings. The van der Waals surface area contributed by atoms with Crippen molar-refractivity contribution in [3.05, 3.63) is 36.3 Å². The highest BCUT2D eigenvalue weighted by molar-refractivity contribution is 5.96. The van der Waals surface area contributed by atoms with Gasteiger partial charge in [0.1, 0.15) is 23.1 Å². The summed E-state index contributed by atoms with van der Waals surface area (Å²) < 4.78 is 20.5. The molecule has 3 aliphatic rings. The Hall–Kier alpha value is -3.80. The van der Waals surface area contributed by atoms with Crippen molar-refractivity contribution in [1.29, 1.82) is 0 Å². The molecule has 6 rings (SSSR count). The molecule has 0 aromatic carbocycles. The number of rotatable bonds is 5. The second-order valence-electron chi connectivity index (χ2n) is 14.0. The van der Waals surface area contributed by atoms with Crippen LogP contribution in [0.3, 0.4) is 0 Å². The van der Waals surface area contributed by atoms with Crippen LogP contribution in [0.1, 0.15) is 72.3 Å². The fourth-order valence-electron chi connectivity index (χ4n) is 6.53. The van der Waals surface area contributed by atoms with Crippen LogP contribution in [0, 0.1) is 0 Å². The van der Waals surface area contributed by atoms with Crippen molar-refractivity contribution in [1.82, 2.24) is 24.8 Å². The number of aliphatic hydroxyl groups excluding tert-OH is 1. The second-order valence-corrected chi connectivity index (χ2v) is 14.0. The lowest BCUT2D eigenvalue weighted by atomic mass is 9.83. The van der Waals surface area contributed by atoms with Crippen molar-refractivity contribution in [2.24, 2.45) is 0 Å². The summed E-state index contributed by atoms with van der Waals surface area (Å²) >= 11 is 0. The van der Waals surface area contributed by atoms with Crippen LogP contribution in [-0.2, 0) is 4.74 Å². The van der Waals surface area contributed by atoms with Gasteiger partial charge in [0.2, 0.25) is 5.95 Å². The van der Waals surface area contributed by atoms with Crippen LogP contribution in [0.5, 0.6) is 0 Å². The maximum absolute atomic E-state index is 14.8. The number of pyridine rings is 2.